The highest BCUT2D eigenvalue weighted by atomic mass is 32.2. The van der Waals surface area contributed by atoms with Gasteiger partial charge in [0, 0.05) is 22.1 Å². The van der Waals surface area contributed by atoms with E-state index in [1.165, 1.54) is 31.4 Å². The number of carbonyl (C=O) groups is 1. The van der Waals surface area contributed by atoms with Crippen LogP contribution in [0.15, 0.2) is 99.0 Å². The van der Waals surface area contributed by atoms with E-state index in [1.807, 2.05) is 31.2 Å². The van der Waals surface area contributed by atoms with Crippen molar-refractivity contribution in [1.29, 1.82) is 0 Å². The summed E-state index contributed by atoms with van der Waals surface area (Å²) in [5.41, 5.74) is 2.21. The summed E-state index contributed by atoms with van der Waals surface area (Å²) in [4.78, 5) is 26.1. The zero-order valence-corrected chi connectivity index (χ0v) is 24.1. The molecular weight excluding hydrogens is 558 g/mol. The van der Waals surface area contributed by atoms with Gasteiger partial charge in [-0.1, -0.05) is 29.8 Å². The number of anilines is 1. The van der Waals surface area contributed by atoms with Crippen molar-refractivity contribution in [3.05, 3.63) is 112 Å². The van der Waals surface area contributed by atoms with E-state index >= 15 is 0 Å². The maximum atomic E-state index is 13.2. The first-order chi connectivity index (χ1) is 20.1. The van der Waals surface area contributed by atoms with Crippen LogP contribution in [0.5, 0.6) is 17.2 Å². The Morgan fingerprint density at radius 2 is 1.57 bits per heavy atom. The van der Waals surface area contributed by atoms with Crippen LogP contribution in [0.2, 0.25) is 0 Å². The minimum Gasteiger partial charge on any atom is -0.497 e. The molecule has 1 heterocycles. The Morgan fingerprint density at radius 3 is 2.29 bits per heavy atom. The Kier molecular flexibility index (Phi) is 7.73. The molecule has 0 aliphatic rings. The molecule has 0 aliphatic carbocycles. The molecule has 0 bridgehead atoms. The van der Waals surface area contributed by atoms with E-state index < -0.39 is 21.7 Å². The number of hydrogen-bond donors (Lipinski definition) is 1. The van der Waals surface area contributed by atoms with Gasteiger partial charge in [0.15, 0.2) is 0 Å². The van der Waals surface area contributed by atoms with Crippen LogP contribution in [-0.4, -0.2) is 28.5 Å². The van der Waals surface area contributed by atoms with Crippen molar-refractivity contribution in [3.8, 4) is 28.4 Å². The molecule has 0 saturated carbocycles. The topological polar surface area (TPSA) is 121 Å². The van der Waals surface area contributed by atoms with Crippen LogP contribution in [0.3, 0.4) is 0 Å². The van der Waals surface area contributed by atoms with E-state index in [0.717, 1.165) is 11.1 Å². The molecule has 10 heteroatoms. The molecule has 0 aliphatic heterocycles. The molecule has 0 unspecified atom stereocenters. The van der Waals surface area contributed by atoms with E-state index in [-0.39, 0.29) is 27.5 Å². The second-order valence-corrected chi connectivity index (χ2v) is 11.1. The summed E-state index contributed by atoms with van der Waals surface area (Å²) in [5, 5.41) is 3.08. The van der Waals surface area contributed by atoms with Crippen LogP contribution in [0, 0.1) is 13.8 Å². The maximum Gasteiger partial charge on any atom is 0.360 e. The molecule has 1 N–H and O–H groups in total. The first kappa shape index (κ1) is 28.4. The van der Waals surface area contributed by atoms with E-state index in [0.29, 0.717) is 28.0 Å². The van der Waals surface area contributed by atoms with Crippen LogP contribution in [0.25, 0.3) is 22.1 Å². The summed E-state index contributed by atoms with van der Waals surface area (Å²) >= 11 is 0. The van der Waals surface area contributed by atoms with E-state index in [1.54, 1.807) is 50.4 Å². The summed E-state index contributed by atoms with van der Waals surface area (Å²) in [5.74, 6) is 0.693. The summed E-state index contributed by atoms with van der Waals surface area (Å²) in [6, 6.07) is 23.0. The van der Waals surface area contributed by atoms with Gasteiger partial charge in [-0.3, -0.25) is 4.79 Å². The highest BCUT2D eigenvalue weighted by Gasteiger charge is 2.20. The lowest BCUT2D eigenvalue weighted by Gasteiger charge is -2.13. The monoisotopic (exact) mass is 585 g/mol. The van der Waals surface area contributed by atoms with Gasteiger partial charge in [-0.2, -0.15) is 8.42 Å². The number of rotatable bonds is 8. The van der Waals surface area contributed by atoms with Crippen LogP contribution in [0.1, 0.15) is 21.5 Å². The number of benzene rings is 4. The number of aryl methyl sites for hydroxylation is 2. The van der Waals surface area contributed by atoms with Crippen molar-refractivity contribution < 1.29 is 31.3 Å². The van der Waals surface area contributed by atoms with Gasteiger partial charge < -0.3 is 23.4 Å². The van der Waals surface area contributed by atoms with Gasteiger partial charge in [0.2, 0.25) is 0 Å². The first-order valence-corrected chi connectivity index (χ1v) is 14.2. The van der Waals surface area contributed by atoms with Crippen LogP contribution >= 0.6 is 0 Å². The predicted octanol–water partition coefficient (Wildman–Crippen LogP) is 6.11. The van der Waals surface area contributed by atoms with Crippen LogP contribution < -0.4 is 24.6 Å². The molecule has 0 radical (unpaired) electrons. The van der Waals surface area contributed by atoms with Crippen molar-refractivity contribution in [2.24, 2.45) is 0 Å². The Hall–Kier alpha value is -5.09. The molecule has 0 spiro atoms. The smallest absolute Gasteiger partial charge is 0.360 e. The highest BCUT2D eigenvalue weighted by Crippen LogP contribution is 2.34. The zero-order valence-electron chi connectivity index (χ0n) is 23.3. The number of hydrogen-bond acceptors (Lipinski definition) is 8. The van der Waals surface area contributed by atoms with Gasteiger partial charge in [-0.15, -0.1) is 0 Å². The van der Waals surface area contributed by atoms with E-state index in [4.69, 9.17) is 18.1 Å². The standard InChI is InChI=1S/C32H27NO8S/c1-19-8-12-25(13-9-19)42(36,37)41-28-14-10-22-18-27(32(35)40-30(22)20(28)2)33-31(34)23-11-15-29(39-4)26(17-23)21-6-5-7-24(16-21)38-3/h5-18H,1-4H3,(H,33,34). The van der Waals surface area contributed by atoms with Crippen molar-refractivity contribution in [1.82, 2.24) is 0 Å². The van der Waals surface area contributed by atoms with E-state index in [9.17, 15) is 18.0 Å². The molecule has 0 fully saturated rings. The number of fused-ring (bicyclic) bond motifs is 1. The Labute approximate surface area is 242 Å². The lowest BCUT2D eigenvalue weighted by Crippen LogP contribution is -2.18. The second-order valence-electron chi connectivity index (χ2n) is 9.51. The number of amides is 1. The predicted molar refractivity (Wildman–Crippen MR) is 159 cm³/mol. The average Bonchev–Trinajstić information content (AvgIpc) is 2.99. The fraction of sp³-hybridized carbons (Fsp3) is 0.125. The third-order valence-corrected chi connectivity index (χ3v) is 7.95. The Morgan fingerprint density at radius 1 is 0.833 bits per heavy atom. The molecule has 5 aromatic rings. The first-order valence-electron chi connectivity index (χ1n) is 12.8. The van der Waals surface area contributed by atoms with Crippen molar-refractivity contribution in [3.63, 3.8) is 0 Å². The molecule has 0 atom stereocenters. The largest absolute Gasteiger partial charge is 0.497 e. The van der Waals surface area contributed by atoms with Gasteiger partial charge in [0.25, 0.3) is 5.91 Å². The Balaban J connectivity index is 1.43. The van der Waals surface area contributed by atoms with Gasteiger partial charge in [0.05, 0.1) is 14.2 Å². The zero-order chi connectivity index (χ0) is 30.0. The number of nitrogens with one attached hydrogen (secondary N) is 1. The SMILES string of the molecule is COc1cccc(-c2cc(C(=O)Nc3cc4ccc(OS(=O)(=O)c5ccc(C)cc5)c(C)c4oc3=O)ccc2OC)c1. The fourth-order valence-electron chi connectivity index (χ4n) is 4.41. The summed E-state index contributed by atoms with van der Waals surface area (Å²) in [6.07, 6.45) is 0. The second kappa shape index (κ2) is 11.4. The summed E-state index contributed by atoms with van der Waals surface area (Å²) in [7, 11) is -1.01. The van der Waals surface area contributed by atoms with Crippen molar-refractivity contribution in [2.45, 2.75) is 18.7 Å². The minimum absolute atomic E-state index is 0.000186. The Bertz CT molecular complexity index is 1980. The molecule has 4 aromatic carbocycles. The van der Waals surface area contributed by atoms with Gasteiger partial charge in [-0.25, -0.2) is 4.79 Å². The van der Waals surface area contributed by atoms with Gasteiger partial charge >= 0.3 is 15.7 Å². The van der Waals surface area contributed by atoms with Crippen molar-refractivity contribution >= 4 is 32.7 Å². The van der Waals surface area contributed by atoms with E-state index in [2.05, 4.69) is 5.32 Å². The normalized spacial score (nSPS) is 11.2. The molecular formula is C32H27NO8S. The molecule has 1 aromatic heterocycles. The number of methoxy groups -OCH3 is 2. The third-order valence-electron chi connectivity index (χ3n) is 6.70. The lowest BCUT2D eigenvalue weighted by atomic mass is 10.0. The quantitative estimate of drug-likeness (QED) is 0.171. The van der Waals surface area contributed by atoms with Crippen molar-refractivity contribution in [2.75, 3.05) is 19.5 Å². The highest BCUT2D eigenvalue weighted by molar-refractivity contribution is 7.87. The summed E-state index contributed by atoms with van der Waals surface area (Å²) in [6.45, 7) is 3.43. The molecule has 1 amide bonds. The van der Waals surface area contributed by atoms with Crippen LogP contribution in [0.4, 0.5) is 5.69 Å². The molecule has 214 valence electrons. The maximum absolute atomic E-state index is 13.2. The summed E-state index contributed by atoms with van der Waals surface area (Å²) < 4.78 is 47.3. The number of ether oxygens (including phenoxy) is 2. The average molecular weight is 586 g/mol. The van der Waals surface area contributed by atoms with Gasteiger partial charge in [-0.05, 0) is 80.1 Å². The molecule has 9 nitrogen and oxygen atoms in total. The molecule has 0 saturated heterocycles. The fourth-order valence-corrected chi connectivity index (χ4v) is 5.40. The third kappa shape index (κ3) is 5.70. The minimum atomic E-state index is -4.11. The number of carbonyl (C=O) groups excluding carboxylic acids is 1. The molecule has 5 rings (SSSR count). The molecule has 42 heavy (non-hydrogen) atoms. The lowest BCUT2D eigenvalue weighted by molar-refractivity contribution is 0.102. The van der Waals surface area contributed by atoms with Gasteiger partial charge in [0.1, 0.15) is 33.4 Å². The van der Waals surface area contributed by atoms with Crippen LogP contribution in [-0.2, 0) is 10.1 Å².